The highest BCUT2D eigenvalue weighted by atomic mass is 32.2. The van der Waals surface area contributed by atoms with E-state index in [-0.39, 0.29) is 17.5 Å². The molecule has 0 spiro atoms. The molecule has 0 saturated carbocycles. The zero-order valence-electron chi connectivity index (χ0n) is 10.6. The van der Waals surface area contributed by atoms with E-state index in [1.165, 1.54) is 0 Å². The van der Waals surface area contributed by atoms with Crippen LogP contribution in [-0.4, -0.2) is 39.2 Å². The average molecular weight is 283 g/mol. The van der Waals surface area contributed by atoms with Gasteiger partial charge in [-0.3, -0.25) is 0 Å². The predicted molar refractivity (Wildman–Crippen MR) is 72.7 cm³/mol. The average Bonchev–Trinajstić information content (AvgIpc) is 2.59. The second-order valence-electron chi connectivity index (χ2n) is 4.96. The maximum atomic E-state index is 11.4. The zero-order chi connectivity index (χ0) is 13.3. The lowest BCUT2D eigenvalue weighted by Gasteiger charge is -2.14. The number of anilines is 1. The van der Waals surface area contributed by atoms with E-state index in [0.717, 1.165) is 23.6 Å². The zero-order valence-corrected chi connectivity index (χ0v) is 11.4. The van der Waals surface area contributed by atoms with E-state index in [1.807, 2.05) is 18.2 Å². The number of fused-ring (bicyclic) bond motifs is 1. The molecule has 3 rings (SSSR count). The van der Waals surface area contributed by atoms with Crippen molar-refractivity contribution in [3.63, 3.8) is 0 Å². The van der Waals surface area contributed by atoms with Gasteiger partial charge in [0.1, 0.15) is 0 Å². The van der Waals surface area contributed by atoms with E-state index >= 15 is 0 Å². The van der Waals surface area contributed by atoms with Gasteiger partial charge in [0.05, 0.1) is 24.7 Å². The molecule has 1 aromatic rings. The van der Waals surface area contributed by atoms with Gasteiger partial charge in [-0.1, -0.05) is 0 Å². The van der Waals surface area contributed by atoms with Crippen LogP contribution >= 0.6 is 0 Å². The topological polar surface area (TPSA) is 64.6 Å². The van der Waals surface area contributed by atoms with Gasteiger partial charge in [-0.25, -0.2) is 8.42 Å². The summed E-state index contributed by atoms with van der Waals surface area (Å²) in [5.41, 5.74) is 0.881. The van der Waals surface area contributed by atoms with Gasteiger partial charge in [-0.2, -0.15) is 0 Å². The number of ether oxygens (including phenoxy) is 2. The van der Waals surface area contributed by atoms with E-state index in [9.17, 15) is 8.42 Å². The van der Waals surface area contributed by atoms with Gasteiger partial charge in [0.25, 0.3) is 0 Å². The van der Waals surface area contributed by atoms with Gasteiger partial charge < -0.3 is 14.8 Å². The summed E-state index contributed by atoms with van der Waals surface area (Å²) in [7, 11) is -2.86. The van der Waals surface area contributed by atoms with Crippen LogP contribution in [0.3, 0.4) is 0 Å². The van der Waals surface area contributed by atoms with Crippen LogP contribution in [0.1, 0.15) is 12.8 Å². The fourth-order valence-electron chi connectivity index (χ4n) is 2.40. The monoisotopic (exact) mass is 283 g/mol. The molecule has 5 nitrogen and oxygen atoms in total. The Morgan fingerprint density at radius 2 is 1.95 bits per heavy atom. The Kier molecular flexibility index (Phi) is 3.26. The maximum Gasteiger partial charge on any atom is 0.163 e. The van der Waals surface area contributed by atoms with Crippen LogP contribution in [0, 0.1) is 0 Å². The number of benzene rings is 1. The Hall–Kier alpha value is -1.43. The number of hydrogen-bond acceptors (Lipinski definition) is 5. The minimum absolute atomic E-state index is 0.00486. The molecule has 0 radical (unpaired) electrons. The Morgan fingerprint density at radius 1 is 1.16 bits per heavy atom. The molecule has 2 aliphatic rings. The lowest BCUT2D eigenvalue weighted by atomic mass is 10.2. The Morgan fingerprint density at radius 3 is 2.68 bits per heavy atom. The first-order valence-electron chi connectivity index (χ1n) is 6.49. The van der Waals surface area contributed by atoms with Crippen molar-refractivity contribution >= 4 is 15.5 Å². The van der Waals surface area contributed by atoms with Crippen molar-refractivity contribution in [2.45, 2.75) is 18.9 Å². The third kappa shape index (κ3) is 2.94. The molecule has 1 fully saturated rings. The van der Waals surface area contributed by atoms with Gasteiger partial charge in [0.15, 0.2) is 21.3 Å². The summed E-state index contributed by atoms with van der Waals surface area (Å²) in [5.74, 6) is 1.96. The number of sulfone groups is 1. The Labute approximate surface area is 112 Å². The molecule has 1 aromatic carbocycles. The largest absolute Gasteiger partial charge is 0.490 e. The van der Waals surface area contributed by atoms with E-state index in [1.54, 1.807) is 0 Å². The normalized spacial score (nSPS) is 24.7. The molecule has 0 amide bonds. The van der Waals surface area contributed by atoms with Crippen LogP contribution in [0.25, 0.3) is 0 Å². The first-order chi connectivity index (χ1) is 9.12. The summed E-state index contributed by atoms with van der Waals surface area (Å²) in [6.07, 6.45) is 1.54. The molecule has 0 bridgehead atoms. The fourth-order valence-corrected chi connectivity index (χ4v) is 4.07. The molecule has 2 aliphatic heterocycles. The molecular weight excluding hydrogens is 266 g/mol. The van der Waals surface area contributed by atoms with Crippen LogP contribution in [0.2, 0.25) is 0 Å². The summed E-state index contributed by atoms with van der Waals surface area (Å²) in [6, 6.07) is 5.64. The van der Waals surface area contributed by atoms with E-state index < -0.39 is 9.84 Å². The van der Waals surface area contributed by atoms with E-state index in [0.29, 0.717) is 19.6 Å². The SMILES string of the molecule is O=S1(=O)CCC(Nc2ccc3c(c2)OCCCO3)C1. The molecular formula is C13H17NO4S. The molecule has 0 aromatic heterocycles. The summed E-state index contributed by atoms with van der Waals surface area (Å²) in [6.45, 7) is 1.31. The van der Waals surface area contributed by atoms with Gasteiger partial charge in [-0.05, 0) is 18.6 Å². The predicted octanol–water partition coefficient (Wildman–Crippen LogP) is 1.45. The van der Waals surface area contributed by atoms with Gasteiger partial charge in [0, 0.05) is 24.2 Å². The lowest BCUT2D eigenvalue weighted by Crippen LogP contribution is -2.20. The molecule has 1 saturated heterocycles. The summed E-state index contributed by atoms with van der Waals surface area (Å²) in [4.78, 5) is 0. The first-order valence-corrected chi connectivity index (χ1v) is 8.31. The number of nitrogens with one attached hydrogen (secondary N) is 1. The first kappa shape index (κ1) is 12.6. The van der Waals surface area contributed by atoms with Gasteiger partial charge >= 0.3 is 0 Å². The summed E-state index contributed by atoms with van der Waals surface area (Å²) in [5, 5.41) is 3.25. The highest BCUT2D eigenvalue weighted by Crippen LogP contribution is 2.32. The maximum absolute atomic E-state index is 11.4. The molecule has 1 atom stereocenters. The molecule has 1 unspecified atom stereocenters. The molecule has 19 heavy (non-hydrogen) atoms. The summed E-state index contributed by atoms with van der Waals surface area (Å²) < 4.78 is 34.0. The van der Waals surface area contributed by atoms with Crippen LogP contribution in [0.4, 0.5) is 5.69 Å². The second kappa shape index (κ2) is 4.92. The van der Waals surface area contributed by atoms with E-state index in [4.69, 9.17) is 9.47 Å². The highest BCUT2D eigenvalue weighted by Gasteiger charge is 2.27. The lowest BCUT2D eigenvalue weighted by molar-refractivity contribution is 0.297. The van der Waals surface area contributed by atoms with Crippen molar-refractivity contribution in [3.8, 4) is 11.5 Å². The van der Waals surface area contributed by atoms with Crippen molar-refractivity contribution in [2.75, 3.05) is 30.0 Å². The van der Waals surface area contributed by atoms with Crippen molar-refractivity contribution in [2.24, 2.45) is 0 Å². The van der Waals surface area contributed by atoms with Crippen LogP contribution in [0.5, 0.6) is 11.5 Å². The van der Waals surface area contributed by atoms with Crippen molar-refractivity contribution in [3.05, 3.63) is 18.2 Å². The third-order valence-electron chi connectivity index (χ3n) is 3.35. The fraction of sp³-hybridized carbons (Fsp3) is 0.538. The van der Waals surface area contributed by atoms with E-state index in [2.05, 4.69) is 5.32 Å². The molecule has 104 valence electrons. The minimum atomic E-state index is -2.86. The van der Waals surface area contributed by atoms with Crippen molar-refractivity contribution in [1.29, 1.82) is 0 Å². The smallest absolute Gasteiger partial charge is 0.163 e. The standard InChI is InChI=1S/C13H17NO4S/c15-19(16)7-4-11(9-19)14-10-2-3-12-13(8-10)18-6-1-5-17-12/h2-3,8,11,14H,1,4-7,9H2. The van der Waals surface area contributed by atoms with Crippen LogP contribution in [-0.2, 0) is 9.84 Å². The van der Waals surface area contributed by atoms with Crippen LogP contribution in [0.15, 0.2) is 18.2 Å². The second-order valence-corrected chi connectivity index (χ2v) is 7.19. The van der Waals surface area contributed by atoms with Gasteiger partial charge in [0.2, 0.25) is 0 Å². The minimum Gasteiger partial charge on any atom is -0.490 e. The Bertz CT molecular complexity index is 570. The molecule has 0 aliphatic carbocycles. The Balaban J connectivity index is 1.74. The molecule has 2 heterocycles. The quantitative estimate of drug-likeness (QED) is 0.890. The molecule has 1 N–H and O–H groups in total. The summed E-state index contributed by atoms with van der Waals surface area (Å²) >= 11 is 0. The number of hydrogen-bond donors (Lipinski definition) is 1. The van der Waals surface area contributed by atoms with Crippen LogP contribution < -0.4 is 14.8 Å². The van der Waals surface area contributed by atoms with Gasteiger partial charge in [-0.15, -0.1) is 0 Å². The highest BCUT2D eigenvalue weighted by molar-refractivity contribution is 7.91. The third-order valence-corrected chi connectivity index (χ3v) is 5.12. The number of rotatable bonds is 2. The van der Waals surface area contributed by atoms with Crippen molar-refractivity contribution in [1.82, 2.24) is 0 Å². The molecule has 6 heteroatoms. The van der Waals surface area contributed by atoms with Crippen molar-refractivity contribution < 1.29 is 17.9 Å².